The minimum absolute atomic E-state index is 0.0706. The molecule has 1 saturated carbocycles. The van der Waals surface area contributed by atoms with Crippen LogP contribution in [-0.4, -0.2) is 41.1 Å². The van der Waals surface area contributed by atoms with Crippen LogP contribution in [0.2, 0.25) is 5.82 Å². The molecule has 0 spiro atoms. The Labute approximate surface area is 158 Å². The SMILES string of the molecule is CC(CP)C(=O)NC(Cc1ccccc1)C(=O)CC(CC1CC1)B(O)O. The highest BCUT2D eigenvalue weighted by molar-refractivity contribution is 7.16. The number of benzene rings is 1. The van der Waals surface area contributed by atoms with Gasteiger partial charge in [0.2, 0.25) is 5.91 Å². The molecule has 1 aromatic rings. The Morgan fingerprint density at radius 2 is 1.92 bits per heavy atom. The van der Waals surface area contributed by atoms with Gasteiger partial charge in [0.15, 0.2) is 5.78 Å². The van der Waals surface area contributed by atoms with Crippen molar-refractivity contribution in [3.05, 3.63) is 35.9 Å². The van der Waals surface area contributed by atoms with Crippen molar-refractivity contribution in [1.29, 1.82) is 0 Å². The summed E-state index contributed by atoms with van der Waals surface area (Å²) in [7, 11) is 1.04. The fourth-order valence-corrected chi connectivity index (χ4v) is 3.22. The van der Waals surface area contributed by atoms with E-state index in [2.05, 4.69) is 14.6 Å². The van der Waals surface area contributed by atoms with E-state index in [1.54, 1.807) is 0 Å². The second-order valence-corrected chi connectivity index (χ2v) is 7.88. The Morgan fingerprint density at radius 1 is 1.27 bits per heavy atom. The van der Waals surface area contributed by atoms with Crippen LogP contribution in [0.5, 0.6) is 0 Å². The lowest BCUT2D eigenvalue weighted by Gasteiger charge is -2.22. The van der Waals surface area contributed by atoms with Crippen LogP contribution >= 0.6 is 9.24 Å². The molecule has 7 heteroatoms. The number of nitrogens with one attached hydrogen (secondary N) is 1. The number of hydrogen-bond acceptors (Lipinski definition) is 4. The number of carbonyl (C=O) groups excluding carboxylic acids is 2. The topological polar surface area (TPSA) is 86.6 Å². The Bertz CT molecular complexity index is 594. The maximum absolute atomic E-state index is 12.9. The summed E-state index contributed by atoms with van der Waals surface area (Å²) in [6.07, 6.45) is 3.93. The summed E-state index contributed by atoms with van der Waals surface area (Å²) < 4.78 is 0. The molecule has 26 heavy (non-hydrogen) atoms. The lowest BCUT2D eigenvalue weighted by molar-refractivity contribution is -0.129. The van der Waals surface area contributed by atoms with Gasteiger partial charge in [0.05, 0.1) is 6.04 Å². The largest absolute Gasteiger partial charge is 0.455 e. The molecule has 5 nitrogen and oxygen atoms in total. The van der Waals surface area contributed by atoms with E-state index in [9.17, 15) is 19.6 Å². The monoisotopic (exact) mass is 377 g/mol. The van der Waals surface area contributed by atoms with Crippen molar-refractivity contribution in [2.75, 3.05) is 6.16 Å². The molecular formula is C19H29BNO4P. The highest BCUT2D eigenvalue weighted by atomic mass is 31.0. The Kier molecular flexibility index (Phi) is 8.27. The quantitative estimate of drug-likeness (QED) is 0.406. The minimum atomic E-state index is -1.50. The molecule has 3 N–H and O–H groups in total. The molecule has 0 aliphatic heterocycles. The molecule has 0 saturated heterocycles. The van der Waals surface area contributed by atoms with Crippen LogP contribution in [0.3, 0.4) is 0 Å². The van der Waals surface area contributed by atoms with E-state index in [0.717, 1.165) is 18.4 Å². The zero-order chi connectivity index (χ0) is 19.1. The molecule has 0 heterocycles. The van der Waals surface area contributed by atoms with Gasteiger partial charge in [-0.2, -0.15) is 0 Å². The van der Waals surface area contributed by atoms with Gasteiger partial charge in [0, 0.05) is 18.2 Å². The number of amides is 1. The van der Waals surface area contributed by atoms with Crippen LogP contribution in [-0.2, 0) is 16.0 Å². The lowest BCUT2D eigenvalue weighted by Crippen LogP contribution is -2.45. The van der Waals surface area contributed by atoms with Crippen molar-refractivity contribution in [2.24, 2.45) is 11.8 Å². The van der Waals surface area contributed by atoms with Gasteiger partial charge >= 0.3 is 7.12 Å². The smallest absolute Gasteiger partial charge is 0.427 e. The molecule has 4 unspecified atom stereocenters. The first-order valence-electron chi connectivity index (χ1n) is 9.34. The van der Waals surface area contributed by atoms with E-state index >= 15 is 0 Å². The molecule has 0 bridgehead atoms. The second kappa shape index (κ2) is 10.2. The van der Waals surface area contributed by atoms with E-state index in [4.69, 9.17) is 0 Å². The number of ketones is 1. The molecule has 1 aliphatic rings. The highest BCUT2D eigenvalue weighted by Gasteiger charge is 2.35. The zero-order valence-corrected chi connectivity index (χ0v) is 16.5. The fraction of sp³-hybridized carbons (Fsp3) is 0.579. The van der Waals surface area contributed by atoms with E-state index in [0.29, 0.717) is 24.9 Å². The van der Waals surface area contributed by atoms with E-state index in [-0.39, 0.29) is 24.0 Å². The highest BCUT2D eigenvalue weighted by Crippen LogP contribution is 2.39. The van der Waals surface area contributed by atoms with Gasteiger partial charge in [0.25, 0.3) is 0 Å². The predicted molar refractivity (Wildman–Crippen MR) is 107 cm³/mol. The number of Topliss-reactive ketones (excluding diaryl/α,β-unsaturated/α-hetero) is 1. The van der Waals surface area contributed by atoms with Gasteiger partial charge in [-0.3, -0.25) is 9.59 Å². The molecule has 1 aliphatic carbocycles. The summed E-state index contributed by atoms with van der Waals surface area (Å²) in [4.78, 5) is 25.2. The van der Waals surface area contributed by atoms with Crippen LogP contribution in [0.4, 0.5) is 0 Å². The number of rotatable bonds is 11. The van der Waals surface area contributed by atoms with Crippen molar-refractivity contribution in [3.63, 3.8) is 0 Å². The van der Waals surface area contributed by atoms with E-state index in [1.807, 2.05) is 37.3 Å². The summed E-state index contributed by atoms with van der Waals surface area (Å²) in [5, 5.41) is 22.1. The fourth-order valence-electron chi connectivity index (χ4n) is 3.01. The summed E-state index contributed by atoms with van der Waals surface area (Å²) in [5.74, 6) is -0.468. The van der Waals surface area contributed by atoms with Gasteiger partial charge in [-0.15, -0.1) is 9.24 Å². The Hall–Kier alpha value is -1.23. The van der Waals surface area contributed by atoms with Crippen molar-refractivity contribution in [1.82, 2.24) is 5.32 Å². The molecule has 1 fully saturated rings. The van der Waals surface area contributed by atoms with Gasteiger partial charge in [-0.25, -0.2) is 0 Å². The standard InChI is InChI=1S/C19H29BNO4P/c1-13(12-26)19(23)21-17(10-14-5-3-2-4-6-14)18(22)11-16(20(24)25)9-15-7-8-15/h2-6,13,15-17,24-25H,7-12,26H2,1H3,(H,21,23). The third-order valence-corrected chi connectivity index (χ3v) is 5.71. The minimum Gasteiger partial charge on any atom is -0.427 e. The van der Waals surface area contributed by atoms with Gasteiger partial charge < -0.3 is 15.4 Å². The Morgan fingerprint density at radius 3 is 2.46 bits per heavy atom. The van der Waals surface area contributed by atoms with Crippen LogP contribution in [0.25, 0.3) is 0 Å². The molecule has 0 aromatic heterocycles. The van der Waals surface area contributed by atoms with Crippen molar-refractivity contribution in [2.45, 2.75) is 50.9 Å². The summed E-state index contributed by atoms with van der Waals surface area (Å²) >= 11 is 0. The average molecular weight is 377 g/mol. The summed E-state index contributed by atoms with van der Waals surface area (Å²) in [5.41, 5.74) is 0.966. The van der Waals surface area contributed by atoms with Gasteiger partial charge in [-0.1, -0.05) is 50.1 Å². The predicted octanol–water partition coefficient (Wildman–Crippen LogP) is 1.83. The molecule has 1 aromatic carbocycles. The normalized spacial score (nSPS) is 17.2. The van der Waals surface area contributed by atoms with Crippen molar-refractivity contribution < 1.29 is 19.6 Å². The molecule has 2 rings (SSSR count). The first-order chi connectivity index (χ1) is 12.4. The van der Waals surface area contributed by atoms with Crippen LogP contribution in [0, 0.1) is 11.8 Å². The Balaban J connectivity index is 2.06. The molecular weight excluding hydrogens is 348 g/mol. The average Bonchev–Trinajstić information content (AvgIpc) is 3.44. The first-order valence-corrected chi connectivity index (χ1v) is 10.2. The molecule has 4 atom stereocenters. The molecule has 1 amide bonds. The third kappa shape index (κ3) is 6.83. The zero-order valence-electron chi connectivity index (χ0n) is 15.3. The van der Waals surface area contributed by atoms with Crippen molar-refractivity contribution in [3.8, 4) is 0 Å². The summed E-state index contributed by atoms with van der Waals surface area (Å²) in [6.45, 7) is 1.82. The number of hydrogen-bond donors (Lipinski definition) is 3. The van der Waals surface area contributed by atoms with Crippen LogP contribution < -0.4 is 5.32 Å². The maximum Gasteiger partial charge on any atom is 0.455 e. The summed E-state index contributed by atoms with van der Waals surface area (Å²) in [6, 6.07) is 8.91. The van der Waals surface area contributed by atoms with Gasteiger partial charge in [-0.05, 0) is 30.5 Å². The van der Waals surface area contributed by atoms with Crippen molar-refractivity contribution >= 4 is 28.0 Å². The van der Waals surface area contributed by atoms with E-state index in [1.165, 1.54) is 0 Å². The van der Waals surface area contributed by atoms with Crippen LogP contribution in [0.15, 0.2) is 30.3 Å². The van der Waals surface area contributed by atoms with E-state index < -0.39 is 19.0 Å². The number of carbonyl (C=O) groups is 2. The third-order valence-electron chi connectivity index (χ3n) is 5.01. The first kappa shape index (κ1) is 21.1. The lowest BCUT2D eigenvalue weighted by atomic mass is 9.67. The molecule has 0 radical (unpaired) electrons. The van der Waals surface area contributed by atoms with Crippen LogP contribution in [0.1, 0.15) is 38.2 Å². The van der Waals surface area contributed by atoms with Gasteiger partial charge in [0.1, 0.15) is 0 Å². The second-order valence-electron chi connectivity index (χ2n) is 7.41. The molecule has 142 valence electrons. The maximum atomic E-state index is 12.9.